The molecule has 1 aromatic heterocycles. The number of aromatic nitrogens is 1. The van der Waals surface area contributed by atoms with Gasteiger partial charge in [0.1, 0.15) is 0 Å². The van der Waals surface area contributed by atoms with E-state index in [9.17, 15) is 9.59 Å². The minimum Gasteiger partial charge on any atom is -0.458 e. The Balaban J connectivity index is 2.07. The number of Topliss-reactive ketones (excluding diaryl/α,β-unsaturated/α-hetero) is 1. The lowest BCUT2D eigenvalue weighted by molar-refractivity contribution is 0.0367. The molecule has 0 atom stereocenters. The largest absolute Gasteiger partial charge is 0.458 e. The quantitative estimate of drug-likeness (QED) is 0.599. The highest BCUT2D eigenvalue weighted by Crippen LogP contribution is 2.11. The number of hydrogen-bond acceptors (Lipinski definition) is 6. The Bertz CT molecular complexity index is 537. The van der Waals surface area contributed by atoms with E-state index >= 15 is 0 Å². The summed E-state index contributed by atoms with van der Waals surface area (Å²) in [6.07, 6.45) is 1.26. The maximum absolute atomic E-state index is 12.5. The van der Waals surface area contributed by atoms with Crippen LogP contribution in [0.5, 0.6) is 0 Å². The third kappa shape index (κ3) is 4.35. The molecule has 0 bridgehead atoms. The Hall–Kier alpha value is -1.79. The van der Waals surface area contributed by atoms with Crippen LogP contribution in [0.2, 0.25) is 0 Å². The molecule has 1 aliphatic heterocycles. The van der Waals surface area contributed by atoms with Crippen LogP contribution in [0.4, 0.5) is 0 Å². The fraction of sp³-hybridized carbons (Fsp3) is 0.562. The third-order valence-electron chi connectivity index (χ3n) is 3.61. The lowest BCUT2D eigenvalue weighted by Gasteiger charge is -2.31. The Kier molecular flexibility index (Phi) is 5.63. The molecule has 0 radical (unpaired) electrons. The monoisotopic (exact) mass is 305 g/mol. The van der Waals surface area contributed by atoms with E-state index in [-0.39, 0.29) is 17.6 Å². The zero-order chi connectivity index (χ0) is 16.1. The summed E-state index contributed by atoms with van der Waals surface area (Å²) in [5.74, 6) is -0.634. The van der Waals surface area contributed by atoms with Crippen LogP contribution < -0.4 is 0 Å². The van der Waals surface area contributed by atoms with E-state index in [2.05, 4.69) is 21.8 Å². The zero-order valence-electron chi connectivity index (χ0n) is 13.4. The second kappa shape index (κ2) is 7.47. The minimum atomic E-state index is -0.544. The Morgan fingerprint density at radius 3 is 2.59 bits per heavy atom. The average molecular weight is 305 g/mol. The summed E-state index contributed by atoms with van der Waals surface area (Å²) in [7, 11) is 2.07. The number of carbonyl (C=O) groups excluding carboxylic acids is 2. The topological polar surface area (TPSA) is 62.7 Å². The highest BCUT2D eigenvalue weighted by molar-refractivity contribution is 6.06. The molecule has 1 saturated heterocycles. The van der Waals surface area contributed by atoms with Gasteiger partial charge in [0.25, 0.3) is 0 Å². The SMILES string of the molecule is CC(C)OC(=O)c1ncccc1C(=O)CN1CCN(C)CC1. The number of likely N-dealkylation sites (N-methyl/N-ethyl adjacent to an activating group) is 1. The molecule has 0 unspecified atom stereocenters. The number of carbonyl (C=O) groups is 2. The summed E-state index contributed by atoms with van der Waals surface area (Å²) in [5.41, 5.74) is 0.447. The summed E-state index contributed by atoms with van der Waals surface area (Å²) >= 11 is 0. The minimum absolute atomic E-state index is 0.0895. The molecule has 2 heterocycles. The van der Waals surface area contributed by atoms with Crippen LogP contribution in [0.25, 0.3) is 0 Å². The Labute approximate surface area is 131 Å². The van der Waals surface area contributed by atoms with Crippen LogP contribution in [0, 0.1) is 0 Å². The molecule has 22 heavy (non-hydrogen) atoms. The van der Waals surface area contributed by atoms with Gasteiger partial charge in [0.15, 0.2) is 11.5 Å². The number of ketones is 1. The van der Waals surface area contributed by atoms with E-state index in [4.69, 9.17) is 4.74 Å². The van der Waals surface area contributed by atoms with Gasteiger partial charge in [0.05, 0.1) is 18.2 Å². The molecule has 2 rings (SSSR count). The van der Waals surface area contributed by atoms with Crippen molar-refractivity contribution in [2.75, 3.05) is 39.8 Å². The van der Waals surface area contributed by atoms with Crippen LogP contribution in [0.1, 0.15) is 34.7 Å². The van der Waals surface area contributed by atoms with Gasteiger partial charge >= 0.3 is 5.97 Å². The number of hydrogen-bond donors (Lipinski definition) is 0. The zero-order valence-corrected chi connectivity index (χ0v) is 13.4. The summed E-state index contributed by atoms with van der Waals surface area (Å²) in [6.45, 7) is 7.45. The van der Waals surface area contributed by atoms with E-state index < -0.39 is 5.97 Å². The molecule has 0 aliphatic carbocycles. The molecule has 1 aliphatic rings. The molecule has 6 heteroatoms. The van der Waals surface area contributed by atoms with Crippen molar-refractivity contribution in [3.63, 3.8) is 0 Å². The molecule has 0 spiro atoms. The van der Waals surface area contributed by atoms with Crippen LogP contribution in [0.15, 0.2) is 18.3 Å². The van der Waals surface area contributed by atoms with Crippen LogP contribution in [-0.4, -0.2) is 72.4 Å². The predicted molar refractivity (Wildman–Crippen MR) is 83.1 cm³/mol. The van der Waals surface area contributed by atoms with Gasteiger partial charge in [0, 0.05) is 32.4 Å². The number of esters is 1. The molecule has 120 valence electrons. The molecule has 0 aromatic carbocycles. The first-order valence-electron chi connectivity index (χ1n) is 7.57. The van der Waals surface area contributed by atoms with Gasteiger partial charge in [-0.05, 0) is 33.0 Å². The normalized spacial score (nSPS) is 16.7. The molecule has 0 saturated carbocycles. The second-order valence-corrected chi connectivity index (χ2v) is 5.86. The van der Waals surface area contributed by atoms with Crippen molar-refractivity contribution in [2.45, 2.75) is 20.0 Å². The number of pyridine rings is 1. The van der Waals surface area contributed by atoms with E-state index in [1.54, 1.807) is 26.0 Å². The predicted octanol–water partition coefficient (Wildman–Crippen LogP) is 1.08. The first kappa shape index (κ1) is 16.6. The van der Waals surface area contributed by atoms with E-state index in [1.807, 2.05) is 0 Å². The summed E-state index contributed by atoms with van der Waals surface area (Å²) in [5, 5.41) is 0. The maximum Gasteiger partial charge on any atom is 0.357 e. The van der Waals surface area contributed by atoms with Crippen molar-refractivity contribution in [3.8, 4) is 0 Å². The highest BCUT2D eigenvalue weighted by atomic mass is 16.5. The third-order valence-corrected chi connectivity index (χ3v) is 3.61. The van der Waals surface area contributed by atoms with Crippen molar-refractivity contribution in [2.24, 2.45) is 0 Å². The summed E-state index contributed by atoms with van der Waals surface area (Å²) in [4.78, 5) is 32.9. The van der Waals surface area contributed by atoms with Crippen molar-refractivity contribution in [3.05, 3.63) is 29.6 Å². The first-order valence-corrected chi connectivity index (χ1v) is 7.57. The lowest BCUT2D eigenvalue weighted by Crippen LogP contribution is -2.46. The standard InChI is InChI=1S/C16H23N3O3/c1-12(2)22-16(21)15-13(5-4-6-17-15)14(20)11-19-9-7-18(3)8-10-19/h4-6,12H,7-11H2,1-3H3. The molecule has 0 N–H and O–H groups in total. The van der Waals surface area contributed by atoms with Crippen LogP contribution in [-0.2, 0) is 4.74 Å². The molecule has 6 nitrogen and oxygen atoms in total. The Morgan fingerprint density at radius 2 is 1.95 bits per heavy atom. The first-order chi connectivity index (χ1) is 10.5. The highest BCUT2D eigenvalue weighted by Gasteiger charge is 2.23. The van der Waals surface area contributed by atoms with Gasteiger partial charge in [-0.25, -0.2) is 9.78 Å². The summed E-state index contributed by atoms with van der Waals surface area (Å²) in [6, 6.07) is 3.31. The fourth-order valence-electron chi connectivity index (χ4n) is 2.36. The van der Waals surface area contributed by atoms with Gasteiger partial charge in [0.2, 0.25) is 0 Å². The van der Waals surface area contributed by atoms with Crippen molar-refractivity contribution < 1.29 is 14.3 Å². The van der Waals surface area contributed by atoms with Crippen molar-refractivity contribution in [1.82, 2.24) is 14.8 Å². The van der Waals surface area contributed by atoms with Crippen molar-refractivity contribution in [1.29, 1.82) is 0 Å². The van der Waals surface area contributed by atoms with Gasteiger partial charge in [-0.3, -0.25) is 9.69 Å². The van der Waals surface area contributed by atoms with E-state index in [0.29, 0.717) is 12.1 Å². The van der Waals surface area contributed by atoms with Crippen LogP contribution in [0.3, 0.4) is 0 Å². The molecule has 0 amide bonds. The lowest BCUT2D eigenvalue weighted by atomic mass is 10.1. The molecule has 1 fully saturated rings. The van der Waals surface area contributed by atoms with E-state index in [0.717, 1.165) is 26.2 Å². The number of piperazine rings is 1. The second-order valence-electron chi connectivity index (χ2n) is 5.86. The van der Waals surface area contributed by atoms with Gasteiger partial charge in [-0.1, -0.05) is 0 Å². The van der Waals surface area contributed by atoms with Gasteiger partial charge in [-0.15, -0.1) is 0 Å². The average Bonchev–Trinajstić information content (AvgIpc) is 2.49. The molecule has 1 aromatic rings. The van der Waals surface area contributed by atoms with Crippen LogP contribution >= 0.6 is 0 Å². The summed E-state index contributed by atoms with van der Waals surface area (Å²) < 4.78 is 5.16. The molecular weight excluding hydrogens is 282 g/mol. The fourth-order valence-corrected chi connectivity index (χ4v) is 2.36. The Morgan fingerprint density at radius 1 is 1.27 bits per heavy atom. The van der Waals surface area contributed by atoms with Gasteiger partial charge in [-0.2, -0.15) is 0 Å². The number of ether oxygens (including phenoxy) is 1. The maximum atomic E-state index is 12.5. The smallest absolute Gasteiger partial charge is 0.357 e. The number of rotatable bonds is 5. The molecular formula is C16H23N3O3. The number of nitrogens with zero attached hydrogens (tertiary/aromatic N) is 3. The van der Waals surface area contributed by atoms with Gasteiger partial charge < -0.3 is 9.64 Å². The van der Waals surface area contributed by atoms with E-state index in [1.165, 1.54) is 6.20 Å². The van der Waals surface area contributed by atoms with Crippen molar-refractivity contribution >= 4 is 11.8 Å².